The van der Waals surface area contributed by atoms with Crippen molar-refractivity contribution in [2.75, 3.05) is 26.2 Å². The van der Waals surface area contributed by atoms with Crippen LogP contribution in [0.3, 0.4) is 0 Å². The zero-order valence-corrected chi connectivity index (χ0v) is 8.67. The summed E-state index contributed by atoms with van der Waals surface area (Å²) in [6.45, 7) is 4.26. The minimum atomic E-state index is -0.106. The molecule has 0 bridgehead atoms. The molecule has 3 heteroatoms. The summed E-state index contributed by atoms with van der Waals surface area (Å²) in [4.78, 5) is 2.50. The Bertz CT molecular complexity index is 378. The lowest BCUT2D eigenvalue weighted by atomic mass is 9.91. The van der Waals surface area contributed by atoms with Crippen LogP contribution >= 0.6 is 0 Å². The minimum Gasteiger partial charge on any atom is -0.314 e. The molecule has 2 nitrogen and oxygen atoms in total. The smallest absolute Gasteiger partial charge is 0.123 e. The second kappa shape index (κ2) is 3.58. The summed E-state index contributed by atoms with van der Waals surface area (Å²) in [6, 6.07) is 5.69. The summed E-state index contributed by atoms with van der Waals surface area (Å²) in [6.07, 6.45) is 0.990. The molecule has 1 saturated heterocycles. The largest absolute Gasteiger partial charge is 0.314 e. The fourth-order valence-electron chi connectivity index (χ4n) is 2.70. The molecular formula is C12H15FN2. The zero-order valence-electron chi connectivity index (χ0n) is 8.67. The van der Waals surface area contributed by atoms with Gasteiger partial charge in [-0.05, 0) is 29.7 Å². The standard InChI is InChI=1S/C12H15FN2/c13-10-1-2-11-9(7-10)3-5-15-6-4-14-8-12(11)15/h1-2,7,12,14H,3-6,8H2/t12-/m0/s1. The van der Waals surface area contributed by atoms with Gasteiger partial charge in [0, 0.05) is 32.2 Å². The first kappa shape index (κ1) is 9.31. The van der Waals surface area contributed by atoms with Crippen molar-refractivity contribution in [1.29, 1.82) is 0 Å². The van der Waals surface area contributed by atoms with Gasteiger partial charge in [0.05, 0.1) is 0 Å². The lowest BCUT2D eigenvalue weighted by Gasteiger charge is -2.40. The van der Waals surface area contributed by atoms with E-state index < -0.39 is 0 Å². The highest BCUT2D eigenvalue weighted by atomic mass is 19.1. The van der Waals surface area contributed by atoms with Gasteiger partial charge in [-0.25, -0.2) is 4.39 Å². The number of benzene rings is 1. The van der Waals surface area contributed by atoms with Gasteiger partial charge in [0.15, 0.2) is 0 Å². The Morgan fingerprint density at radius 1 is 1.33 bits per heavy atom. The molecule has 0 saturated carbocycles. The third-order valence-corrected chi connectivity index (χ3v) is 3.49. The normalized spacial score (nSPS) is 25.8. The first-order valence-electron chi connectivity index (χ1n) is 5.58. The maximum Gasteiger partial charge on any atom is 0.123 e. The molecule has 1 aromatic carbocycles. The molecule has 15 heavy (non-hydrogen) atoms. The predicted octanol–water partition coefficient (Wildman–Crippen LogP) is 1.33. The molecule has 2 aliphatic heterocycles. The molecule has 0 spiro atoms. The fourth-order valence-corrected chi connectivity index (χ4v) is 2.70. The molecule has 1 N–H and O–H groups in total. The van der Waals surface area contributed by atoms with Gasteiger partial charge >= 0.3 is 0 Å². The number of hydrogen-bond donors (Lipinski definition) is 1. The number of piperazine rings is 1. The van der Waals surface area contributed by atoms with Crippen LogP contribution in [0.5, 0.6) is 0 Å². The number of fused-ring (bicyclic) bond motifs is 3. The molecule has 3 rings (SSSR count). The van der Waals surface area contributed by atoms with Crippen molar-refractivity contribution in [3.05, 3.63) is 35.1 Å². The van der Waals surface area contributed by atoms with Crippen LogP contribution in [0.15, 0.2) is 18.2 Å². The highest BCUT2D eigenvalue weighted by Crippen LogP contribution is 2.30. The van der Waals surface area contributed by atoms with Gasteiger partial charge in [-0.3, -0.25) is 4.90 Å². The topological polar surface area (TPSA) is 15.3 Å². The predicted molar refractivity (Wildman–Crippen MR) is 57.3 cm³/mol. The maximum atomic E-state index is 13.1. The van der Waals surface area contributed by atoms with Crippen molar-refractivity contribution in [2.45, 2.75) is 12.5 Å². The van der Waals surface area contributed by atoms with Crippen molar-refractivity contribution < 1.29 is 4.39 Å². The highest BCUT2D eigenvalue weighted by molar-refractivity contribution is 5.33. The third kappa shape index (κ3) is 1.56. The Kier molecular flexibility index (Phi) is 2.22. The number of rotatable bonds is 0. The Balaban J connectivity index is 1.99. The van der Waals surface area contributed by atoms with Crippen molar-refractivity contribution in [3.63, 3.8) is 0 Å². The van der Waals surface area contributed by atoms with Crippen molar-refractivity contribution in [1.82, 2.24) is 10.2 Å². The molecule has 0 radical (unpaired) electrons. The Hall–Kier alpha value is -0.930. The molecule has 0 aromatic heterocycles. The molecular weight excluding hydrogens is 191 g/mol. The number of nitrogens with one attached hydrogen (secondary N) is 1. The van der Waals surface area contributed by atoms with Gasteiger partial charge < -0.3 is 5.32 Å². The molecule has 1 aromatic rings. The molecule has 0 aliphatic carbocycles. The monoisotopic (exact) mass is 206 g/mol. The van der Waals surface area contributed by atoms with E-state index in [-0.39, 0.29) is 5.82 Å². The van der Waals surface area contributed by atoms with E-state index in [1.165, 1.54) is 11.1 Å². The van der Waals surface area contributed by atoms with Crippen LogP contribution in [0.1, 0.15) is 17.2 Å². The average Bonchev–Trinajstić information content (AvgIpc) is 2.28. The van der Waals surface area contributed by atoms with Crippen LogP contribution in [-0.2, 0) is 6.42 Å². The summed E-state index contributed by atoms with van der Waals surface area (Å²) in [7, 11) is 0. The maximum absolute atomic E-state index is 13.1. The van der Waals surface area contributed by atoms with E-state index in [2.05, 4.69) is 10.2 Å². The molecule has 1 fully saturated rings. The van der Waals surface area contributed by atoms with Crippen LogP contribution in [0.2, 0.25) is 0 Å². The van der Waals surface area contributed by atoms with E-state index in [0.717, 1.165) is 32.6 Å². The van der Waals surface area contributed by atoms with E-state index in [0.29, 0.717) is 6.04 Å². The second-order valence-electron chi connectivity index (χ2n) is 4.35. The minimum absolute atomic E-state index is 0.106. The van der Waals surface area contributed by atoms with Gasteiger partial charge in [0.1, 0.15) is 5.82 Å². The van der Waals surface area contributed by atoms with E-state index in [1.54, 1.807) is 12.1 Å². The van der Waals surface area contributed by atoms with Crippen LogP contribution < -0.4 is 5.32 Å². The van der Waals surface area contributed by atoms with E-state index >= 15 is 0 Å². The molecule has 2 aliphatic rings. The van der Waals surface area contributed by atoms with Gasteiger partial charge in [-0.2, -0.15) is 0 Å². The SMILES string of the molecule is Fc1ccc2c(c1)CCN1CCNC[C@@H]21. The van der Waals surface area contributed by atoms with Crippen LogP contribution in [-0.4, -0.2) is 31.1 Å². The Morgan fingerprint density at radius 2 is 2.27 bits per heavy atom. The third-order valence-electron chi connectivity index (χ3n) is 3.49. The van der Waals surface area contributed by atoms with Gasteiger partial charge in [0.25, 0.3) is 0 Å². The van der Waals surface area contributed by atoms with Crippen molar-refractivity contribution in [3.8, 4) is 0 Å². The number of halogens is 1. The average molecular weight is 206 g/mol. The van der Waals surface area contributed by atoms with Gasteiger partial charge in [-0.1, -0.05) is 6.07 Å². The van der Waals surface area contributed by atoms with Crippen molar-refractivity contribution in [2.24, 2.45) is 0 Å². The summed E-state index contributed by atoms with van der Waals surface area (Å²) < 4.78 is 13.1. The van der Waals surface area contributed by atoms with Crippen molar-refractivity contribution >= 4 is 0 Å². The van der Waals surface area contributed by atoms with Gasteiger partial charge in [-0.15, -0.1) is 0 Å². The fraction of sp³-hybridized carbons (Fsp3) is 0.500. The number of nitrogens with zero attached hydrogens (tertiary/aromatic N) is 1. The lowest BCUT2D eigenvalue weighted by Crippen LogP contribution is -2.48. The zero-order chi connectivity index (χ0) is 10.3. The molecule has 80 valence electrons. The lowest BCUT2D eigenvalue weighted by molar-refractivity contribution is 0.151. The Morgan fingerprint density at radius 3 is 3.20 bits per heavy atom. The van der Waals surface area contributed by atoms with E-state index in [9.17, 15) is 4.39 Å². The molecule has 0 unspecified atom stereocenters. The van der Waals surface area contributed by atoms with Gasteiger partial charge in [0.2, 0.25) is 0 Å². The summed E-state index contributed by atoms with van der Waals surface area (Å²) in [5, 5.41) is 3.40. The van der Waals surface area contributed by atoms with E-state index in [1.807, 2.05) is 6.07 Å². The first-order valence-corrected chi connectivity index (χ1v) is 5.58. The second-order valence-corrected chi connectivity index (χ2v) is 4.35. The number of hydrogen-bond acceptors (Lipinski definition) is 2. The first-order chi connectivity index (χ1) is 7.34. The van der Waals surface area contributed by atoms with Crippen LogP contribution in [0.4, 0.5) is 4.39 Å². The summed E-state index contributed by atoms with van der Waals surface area (Å²) in [5.41, 5.74) is 2.51. The van der Waals surface area contributed by atoms with Crippen LogP contribution in [0, 0.1) is 5.82 Å². The summed E-state index contributed by atoms with van der Waals surface area (Å²) in [5.74, 6) is -0.106. The molecule has 2 heterocycles. The Labute approximate surface area is 89.1 Å². The summed E-state index contributed by atoms with van der Waals surface area (Å²) >= 11 is 0. The van der Waals surface area contributed by atoms with Crippen LogP contribution in [0.25, 0.3) is 0 Å². The van der Waals surface area contributed by atoms with E-state index in [4.69, 9.17) is 0 Å². The molecule has 1 atom stereocenters. The quantitative estimate of drug-likeness (QED) is 0.689. The molecule has 0 amide bonds. The highest BCUT2D eigenvalue weighted by Gasteiger charge is 2.29.